The minimum atomic E-state index is -0.171. The average molecular weight is 306 g/mol. The summed E-state index contributed by atoms with van der Waals surface area (Å²) in [6.07, 6.45) is 2.82. The summed E-state index contributed by atoms with van der Waals surface area (Å²) < 4.78 is 5.70. The van der Waals surface area contributed by atoms with E-state index in [4.69, 9.17) is 10.2 Å². The molecule has 2 rings (SSSR count). The molecule has 1 unspecified atom stereocenters. The Labute approximate surface area is 131 Å². The molecule has 0 aromatic carbocycles. The molecule has 5 nitrogen and oxygen atoms in total. The summed E-state index contributed by atoms with van der Waals surface area (Å²) in [7, 11) is 1.75. The number of Topliss-reactive ketones (excluding diaryl/α,β-unsaturated/α-hetero) is 1. The van der Waals surface area contributed by atoms with Crippen molar-refractivity contribution in [1.29, 1.82) is 0 Å². The zero-order chi connectivity index (χ0) is 16.4. The van der Waals surface area contributed by atoms with Crippen molar-refractivity contribution in [1.82, 2.24) is 4.90 Å². The van der Waals surface area contributed by atoms with E-state index in [-0.39, 0.29) is 17.7 Å². The van der Waals surface area contributed by atoms with Crippen LogP contribution < -0.4 is 5.73 Å². The Morgan fingerprint density at radius 3 is 2.64 bits per heavy atom. The number of amides is 1. The van der Waals surface area contributed by atoms with Crippen molar-refractivity contribution in [3.05, 3.63) is 22.6 Å². The van der Waals surface area contributed by atoms with Gasteiger partial charge in [0.1, 0.15) is 5.76 Å². The summed E-state index contributed by atoms with van der Waals surface area (Å²) in [5.41, 5.74) is 7.34. The third kappa shape index (κ3) is 3.24. The van der Waals surface area contributed by atoms with Crippen LogP contribution in [-0.2, 0) is 6.42 Å². The van der Waals surface area contributed by atoms with Gasteiger partial charge in [0.05, 0.1) is 5.56 Å². The van der Waals surface area contributed by atoms with Crippen LogP contribution in [0.2, 0.25) is 0 Å². The minimum absolute atomic E-state index is 0.0720. The largest absolute Gasteiger partial charge is 0.455 e. The van der Waals surface area contributed by atoms with Crippen molar-refractivity contribution < 1.29 is 14.0 Å². The molecule has 2 N–H and O–H groups in total. The summed E-state index contributed by atoms with van der Waals surface area (Å²) in [6.45, 7) is 6.52. The molecule has 0 fully saturated rings. The normalized spacial score (nSPS) is 15.8. The first-order chi connectivity index (χ1) is 10.3. The van der Waals surface area contributed by atoms with Crippen LogP contribution in [0.5, 0.6) is 0 Å². The molecule has 1 aliphatic carbocycles. The van der Waals surface area contributed by atoms with Crippen molar-refractivity contribution in [3.63, 3.8) is 0 Å². The molecule has 1 amide bonds. The van der Waals surface area contributed by atoms with E-state index in [1.165, 1.54) is 0 Å². The molecule has 1 heterocycles. The molecule has 0 bridgehead atoms. The molecule has 1 aliphatic rings. The number of carbonyl (C=O) groups is 2. The standard InChI is InChI=1S/C17H26N2O3/c1-10(2)12(18)8-9-19(4)17(21)16-11(3)15-13(20)6-5-7-14(15)22-16/h10,12H,5-9,18H2,1-4H3. The lowest BCUT2D eigenvalue weighted by molar-refractivity contribution is 0.0754. The van der Waals surface area contributed by atoms with Gasteiger partial charge in [0.25, 0.3) is 5.91 Å². The maximum atomic E-state index is 12.6. The first kappa shape index (κ1) is 16.7. The second-order valence-electron chi connectivity index (χ2n) is 6.55. The lowest BCUT2D eigenvalue weighted by atomic mass is 9.94. The minimum Gasteiger partial charge on any atom is -0.455 e. The Bertz CT molecular complexity index is 575. The van der Waals surface area contributed by atoms with E-state index in [1.807, 2.05) is 0 Å². The van der Waals surface area contributed by atoms with Crippen LogP contribution in [0.25, 0.3) is 0 Å². The molecular formula is C17H26N2O3. The average Bonchev–Trinajstić information content (AvgIpc) is 2.81. The number of nitrogens with two attached hydrogens (primary N) is 1. The van der Waals surface area contributed by atoms with Crippen LogP contribution >= 0.6 is 0 Å². The highest BCUT2D eigenvalue weighted by Gasteiger charge is 2.30. The van der Waals surface area contributed by atoms with Crippen molar-refractivity contribution >= 4 is 11.7 Å². The van der Waals surface area contributed by atoms with Crippen LogP contribution in [0.4, 0.5) is 0 Å². The van der Waals surface area contributed by atoms with Gasteiger partial charge >= 0.3 is 0 Å². The van der Waals surface area contributed by atoms with E-state index in [2.05, 4.69) is 13.8 Å². The van der Waals surface area contributed by atoms with Gasteiger partial charge in [0.2, 0.25) is 0 Å². The first-order valence-corrected chi connectivity index (χ1v) is 7.99. The van der Waals surface area contributed by atoms with Gasteiger partial charge in [0, 0.05) is 38.0 Å². The fourth-order valence-corrected chi connectivity index (χ4v) is 2.80. The number of aryl methyl sites for hydroxylation is 1. The lowest BCUT2D eigenvalue weighted by Crippen LogP contribution is -2.34. The SMILES string of the molecule is Cc1c(C(=O)N(C)CCC(N)C(C)C)oc2c1C(=O)CCC2. The third-order valence-electron chi connectivity index (χ3n) is 4.50. The lowest BCUT2D eigenvalue weighted by Gasteiger charge is -2.21. The molecule has 122 valence electrons. The van der Waals surface area contributed by atoms with E-state index >= 15 is 0 Å². The molecule has 5 heteroatoms. The highest BCUT2D eigenvalue weighted by Crippen LogP contribution is 2.29. The summed E-state index contributed by atoms with van der Waals surface area (Å²) in [6, 6.07) is 0.0720. The molecular weight excluding hydrogens is 280 g/mol. The molecule has 0 saturated carbocycles. The molecule has 1 aromatic rings. The van der Waals surface area contributed by atoms with Crippen LogP contribution in [0.3, 0.4) is 0 Å². The summed E-state index contributed by atoms with van der Waals surface area (Å²) in [5.74, 6) is 1.28. The van der Waals surface area contributed by atoms with Crippen molar-refractivity contribution in [2.45, 2.75) is 52.5 Å². The Kier molecular flexibility index (Phi) is 5.06. The predicted octanol–water partition coefficient (Wildman–Crippen LogP) is 2.55. The number of rotatable bonds is 5. The van der Waals surface area contributed by atoms with E-state index in [9.17, 15) is 9.59 Å². The zero-order valence-electron chi connectivity index (χ0n) is 13.9. The fourth-order valence-electron chi connectivity index (χ4n) is 2.80. The number of furan rings is 1. The summed E-state index contributed by atoms with van der Waals surface area (Å²) in [5, 5.41) is 0. The number of nitrogens with zero attached hydrogens (tertiary/aromatic N) is 1. The number of fused-ring (bicyclic) bond motifs is 1. The van der Waals surface area contributed by atoms with E-state index < -0.39 is 0 Å². The Hall–Kier alpha value is -1.62. The van der Waals surface area contributed by atoms with Gasteiger partial charge in [-0.1, -0.05) is 13.8 Å². The summed E-state index contributed by atoms with van der Waals surface area (Å²) in [4.78, 5) is 26.2. The smallest absolute Gasteiger partial charge is 0.289 e. The summed E-state index contributed by atoms with van der Waals surface area (Å²) >= 11 is 0. The third-order valence-corrected chi connectivity index (χ3v) is 4.50. The van der Waals surface area contributed by atoms with Gasteiger partial charge < -0.3 is 15.1 Å². The highest BCUT2D eigenvalue weighted by molar-refractivity contribution is 6.03. The van der Waals surface area contributed by atoms with Crippen LogP contribution in [0, 0.1) is 12.8 Å². The molecule has 1 aromatic heterocycles. The van der Waals surface area contributed by atoms with Gasteiger partial charge in [-0.2, -0.15) is 0 Å². The van der Waals surface area contributed by atoms with Gasteiger partial charge in [0.15, 0.2) is 11.5 Å². The number of ketones is 1. The quantitative estimate of drug-likeness (QED) is 0.907. The number of carbonyl (C=O) groups excluding carboxylic acids is 2. The maximum absolute atomic E-state index is 12.6. The van der Waals surface area contributed by atoms with Gasteiger partial charge in [-0.05, 0) is 25.7 Å². The highest BCUT2D eigenvalue weighted by atomic mass is 16.4. The monoisotopic (exact) mass is 306 g/mol. The van der Waals surface area contributed by atoms with Gasteiger partial charge in [-0.3, -0.25) is 9.59 Å². The maximum Gasteiger partial charge on any atom is 0.289 e. The molecule has 0 aliphatic heterocycles. The Morgan fingerprint density at radius 1 is 1.36 bits per heavy atom. The molecule has 0 radical (unpaired) electrons. The van der Waals surface area contributed by atoms with E-state index in [1.54, 1.807) is 18.9 Å². The molecule has 1 atom stereocenters. The number of hydrogen-bond acceptors (Lipinski definition) is 4. The fraction of sp³-hybridized carbons (Fsp3) is 0.647. The Balaban J connectivity index is 2.11. The van der Waals surface area contributed by atoms with E-state index in [0.717, 1.165) is 19.3 Å². The second kappa shape index (κ2) is 6.65. The number of hydrogen-bond donors (Lipinski definition) is 1. The molecule has 22 heavy (non-hydrogen) atoms. The second-order valence-corrected chi connectivity index (χ2v) is 6.55. The zero-order valence-corrected chi connectivity index (χ0v) is 13.9. The van der Waals surface area contributed by atoms with E-state index in [0.29, 0.717) is 41.5 Å². The topological polar surface area (TPSA) is 76.5 Å². The van der Waals surface area contributed by atoms with Crippen molar-refractivity contribution in [3.8, 4) is 0 Å². The Morgan fingerprint density at radius 2 is 2.05 bits per heavy atom. The molecule has 0 spiro atoms. The van der Waals surface area contributed by atoms with Crippen LogP contribution in [0.15, 0.2) is 4.42 Å². The van der Waals surface area contributed by atoms with Crippen molar-refractivity contribution in [2.24, 2.45) is 11.7 Å². The van der Waals surface area contributed by atoms with Crippen LogP contribution in [0.1, 0.15) is 65.3 Å². The van der Waals surface area contributed by atoms with Crippen LogP contribution in [-0.4, -0.2) is 36.2 Å². The van der Waals surface area contributed by atoms with Gasteiger partial charge in [-0.15, -0.1) is 0 Å². The first-order valence-electron chi connectivity index (χ1n) is 7.99. The predicted molar refractivity (Wildman–Crippen MR) is 85.1 cm³/mol. The van der Waals surface area contributed by atoms with Crippen molar-refractivity contribution in [2.75, 3.05) is 13.6 Å². The van der Waals surface area contributed by atoms with Gasteiger partial charge in [-0.25, -0.2) is 0 Å². The molecule has 0 saturated heterocycles.